The molecule has 1 N–H and O–H groups in total. The molecule has 0 aliphatic rings. The Morgan fingerprint density at radius 1 is 1.04 bits per heavy atom. The van der Waals surface area contributed by atoms with Crippen molar-refractivity contribution < 1.29 is 4.79 Å². The summed E-state index contributed by atoms with van der Waals surface area (Å²) in [7, 11) is 0. The molecule has 6 heteroatoms. The van der Waals surface area contributed by atoms with Crippen LogP contribution in [-0.4, -0.2) is 31.2 Å². The van der Waals surface area contributed by atoms with E-state index in [1.165, 1.54) is 11.8 Å². The fourth-order valence-electron chi connectivity index (χ4n) is 2.66. The van der Waals surface area contributed by atoms with Gasteiger partial charge in [-0.25, -0.2) is 4.98 Å². The second-order valence-corrected chi connectivity index (χ2v) is 7.44. The third-order valence-electron chi connectivity index (χ3n) is 3.95. The first kappa shape index (κ1) is 18.2. The van der Waals surface area contributed by atoms with Gasteiger partial charge in [0.1, 0.15) is 5.82 Å². The Morgan fingerprint density at radius 2 is 1.58 bits per heavy atom. The van der Waals surface area contributed by atoms with Crippen molar-refractivity contribution in [2.45, 2.75) is 37.3 Å². The van der Waals surface area contributed by atoms with Gasteiger partial charge in [-0.1, -0.05) is 72.4 Å². The Morgan fingerprint density at radius 3 is 2.04 bits per heavy atom. The minimum absolute atomic E-state index is 0.0742. The van der Waals surface area contributed by atoms with Crippen molar-refractivity contribution in [2.75, 3.05) is 0 Å². The van der Waals surface area contributed by atoms with Crippen LogP contribution < -0.4 is 0 Å². The topological polar surface area (TPSA) is 61.9 Å². The van der Waals surface area contributed by atoms with E-state index in [0.717, 1.165) is 17.0 Å². The molecule has 134 valence electrons. The Bertz CT molecular complexity index is 794. The van der Waals surface area contributed by atoms with Gasteiger partial charge in [0.25, 0.3) is 0 Å². The number of H-pyrrole nitrogens is 1. The summed E-state index contributed by atoms with van der Waals surface area (Å²) in [5.74, 6) is 0.822. The van der Waals surface area contributed by atoms with E-state index >= 15 is 0 Å². The van der Waals surface area contributed by atoms with Crippen LogP contribution in [0.4, 0.5) is 0 Å². The lowest BCUT2D eigenvalue weighted by atomic mass is 10.1. The molecule has 1 unspecified atom stereocenters. The number of hydrogen-bond donors (Lipinski definition) is 1. The van der Waals surface area contributed by atoms with Crippen LogP contribution in [0.15, 0.2) is 65.8 Å². The monoisotopic (exact) mass is 366 g/mol. The highest BCUT2D eigenvalue weighted by atomic mass is 32.2. The number of benzene rings is 2. The second kappa shape index (κ2) is 8.67. The minimum atomic E-state index is -0.266. The zero-order chi connectivity index (χ0) is 18.4. The predicted molar refractivity (Wildman–Crippen MR) is 104 cm³/mol. The molecule has 0 bridgehead atoms. The van der Waals surface area contributed by atoms with Gasteiger partial charge >= 0.3 is 0 Å². The lowest BCUT2D eigenvalue weighted by molar-refractivity contribution is -0.131. The first-order valence-corrected chi connectivity index (χ1v) is 9.42. The average molecular weight is 366 g/mol. The Labute approximate surface area is 157 Å². The molecular formula is C20H22N4OS. The number of aromatic nitrogens is 3. The van der Waals surface area contributed by atoms with Crippen molar-refractivity contribution >= 4 is 17.7 Å². The molecule has 1 amide bonds. The quantitative estimate of drug-likeness (QED) is 0.646. The van der Waals surface area contributed by atoms with Crippen LogP contribution in [0.2, 0.25) is 0 Å². The van der Waals surface area contributed by atoms with Gasteiger partial charge in [0.05, 0.1) is 5.25 Å². The first-order chi connectivity index (χ1) is 12.6. The lowest BCUT2D eigenvalue weighted by Gasteiger charge is -2.25. The average Bonchev–Trinajstić information content (AvgIpc) is 3.07. The van der Waals surface area contributed by atoms with Gasteiger partial charge in [-0.2, -0.15) is 0 Å². The normalized spacial score (nSPS) is 11.9. The van der Waals surface area contributed by atoms with E-state index in [-0.39, 0.29) is 11.2 Å². The molecule has 0 aliphatic carbocycles. The summed E-state index contributed by atoms with van der Waals surface area (Å²) in [6.45, 7) is 4.90. The third-order valence-corrected chi connectivity index (χ3v) is 4.90. The van der Waals surface area contributed by atoms with Gasteiger partial charge < -0.3 is 4.90 Å². The molecular weight excluding hydrogens is 344 g/mol. The van der Waals surface area contributed by atoms with Crippen LogP contribution in [0.5, 0.6) is 0 Å². The van der Waals surface area contributed by atoms with Crippen molar-refractivity contribution in [3.63, 3.8) is 0 Å². The highest BCUT2D eigenvalue weighted by Gasteiger charge is 2.23. The van der Waals surface area contributed by atoms with E-state index in [4.69, 9.17) is 0 Å². The molecule has 0 fully saturated rings. The van der Waals surface area contributed by atoms with Crippen molar-refractivity contribution in [3.8, 4) is 0 Å². The maximum Gasteiger partial charge on any atom is 0.236 e. The number of nitrogens with zero attached hydrogens (tertiary/aromatic N) is 3. The van der Waals surface area contributed by atoms with Crippen molar-refractivity contribution in [2.24, 2.45) is 0 Å². The Hall–Kier alpha value is -2.60. The standard InChI is InChI=1S/C20H22N4OS/c1-15(26-20-21-16(2)22-23-20)19(25)24(13-17-9-5-3-6-10-17)14-18-11-7-4-8-12-18/h3-12,15H,13-14H2,1-2H3,(H,21,22,23). The number of rotatable bonds is 7. The van der Waals surface area contributed by atoms with Gasteiger partial charge in [0.2, 0.25) is 11.1 Å². The number of aryl methyl sites for hydroxylation is 1. The molecule has 0 aliphatic heterocycles. The summed E-state index contributed by atoms with van der Waals surface area (Å²) >= 11 is 1.38. The van der Waals surface area contributed by atoms with Crippen LogP contribution in [0.25, 0.3) is 0 Å². The van der Waals surface area contributed by atoms with Crippen LogP contribution in [0.1, 0.15) is 23.9 Å². The number of carbonyl (C=O) groups is 1. The maximum atomic E-state index is 13.1. The summed E-state index contributed by atoms with van der Waals surface area (Å²) in [4.78, 5) is 19.3. The Kier molecular flexibility index (Phi) is 6.07. The van der Waals surface area contributed by atoms with E-state index in [9.17, 15) is 4.79 Å². The molecule has 0 radical (unpaired) electrons. The molecule has 3 aromatic rings. The molecule has 1 heterocycles. The fraction of sp³-hybridized carbons (Fsp3) is 0.250. The molecule has 1 atom stereocenters. The van der Waals surface area contributed by atoms with Gasteiger partial charge in [-0.15, -0.1) is 5.10 Å². The molecule has 0 saturated heterocycles. The molecule has 1 aromatic heterocycles. The van der Waals surface area contributed by atoms with E-state index in [2.05, 4.69) is 15.2 Å². The number of thioether (sulfide) groups is 1. The van der Waals surface area contributed by atoms with Crippen molar-refractivity contribution in [3.05, 3.63) is 77.6 Å². The second-order valence-electron chi connectivity index (χ2n) is 6.13. The lowest BCUT2D eigenvalue weighted by Crippen LogP contribution is -2.35. The van der Waals surface area contributed by atoms with Gasteiger partial charge in [-0.05, 0) is 25.0 Å². The van der Waals surface area contributed by atoms with Crippen LogP contribution in [0, 0.1) is 6.92 Å². The SMILES string of the molecule is Cc1nc(SC(C)C(=O)N(Cc2ccccc2)Cc2ccccc2)n[nH]1. The van der Waals surface area contributed by atoms with Crippen molar-refractivity contribution in [1.29, 1.82) is 0 Å². The highest BCUT2D eigenvalue weighted by Crippen LogP contribution is 2.22. The largest absolute Gasteiger partial charge is 0.333 e. The summed E-state index contributed by atoms with van der Waals surface area (Å²) < 4.78 is 0. The zero-order valence-corrected chi connectivity index (χ0v) is 15.7. The smallest absolute Gasteiger partial charge is 0.236 e. The summed E-state index contributed by atoms with van der Waals surface area (Å²) in [5, 5.41) is 7.27. The van der Waals surface area contributed by atoms with Crippen molar-refractivity contribution in [1.82, 2.24) is 20.1 Å². The first-order valence-electron chi connectivity index (χ1n) is 8.54. The summed E-state index contributed by atoms with van der Waals surface area (Å²) in [6, 6.07) is 20.1. The molecule has 26 heavy (non-hydrogen) atoms. The zero-order valence-electron chi connectivity index (χ0n) is 14.9. The van der Waals surface area contributed by atoms with E-state index in [1.54, 1.807) is 0 Å². The summed E-state index contributed by atoms with van der Waals surface area (Å²) in [5.41, 5.74) is 2.23. The molecule has 0 spiro atoms. The van der Waals surface area contributed by atoms with E-state index in [1.807, 2.05) is 79.4 Å². The fourth-order valence-corrected chi connectivity index (χ4v) is 3.51. The molecule has 3 rings (SSSR count). The van der Waals surface area contributed by atoms with Gasteiger partial charge in [0, 0.05) is 13.1 Å². The number of aromatic amines is 1. The number of carbonyl (C=O) groups excluding carboxylic acids is 1. The van der Waals surface area contributed by atoms with Crippen LogP contribution >= 0.6 is 11.8 Å². The van der Waals surface area contributed by atoms with E-state index < -0.39 is 0 Å². The number of amides is 1. The third kappa shape index (κ3) is 4.95. The molecule has 5 nitrogen and oxygen atoms in total. The van der Waals surface area contributed by atoms with Gasteiger partial charge in [-0.3, -0.25) is 9.89 Å². The highest BCUT2D eigenvalue weighted by molar-refractivity contribution is 8.00. The van der Waals surface area contributed by atoms with E-state index in [0.29, 0.717) is 18.2 Å². The minimum Gasteiger partial charge on any atom is -0.333 e. The Balaban J connectivity index is 1.75. The van der Waals surface area contributed by atoms with Crippen LogP contribution in [-0.2, 0) is 17.9 Å². The summed E-state index contributed by atoms with van der Waals surface area (Å²) in [6.07, 6.45) is 0. The van der Waals surface area contributed by atoms with Gasteiger partial charge in [0.15, 0.2) is 0 Å². The number of nitrogens with one attached hydrogen (secondary N) is 1. The predicted octanol–water partition coefficient (Wildman–Crippen LogP) is 3.82. The number of hydrogen-bond acceptors (Lipinski definition) is 4. The molecule has 0 saturated carbocycles. The maximum absolute atomic E-state index is 13.1. The molecule has 2 aromatic carbocycles. The van der Waals surface area contributed by atoms with Crippen LogP contribution in [0.3, 0.4) is 0 Å².